The van der Waals surface area contributed by atoms with E-state index in [4.69, 9.17) is 0 Å². The number of piperidine rings is 1. The van der Waals surface area contributed by atoms with Crippen LogP contribution in [-0.4, -0.2) is 60.9 Å². The predicted octanol–water partition coefficient (Wildman–Crippen LogP) is 2.10. The van der Waals surface area contributed by atoms with Gasteiger partial charge in [-0.1, -0.05) is 30.3 Å². The van der Waals surface area contributed by atoms with Gasteiger partial charge < -0.3 is 15.1 Å². The average Bonchev–Trinajstić information content (AvgIpc) is 3.20. The van der Waals surface area contributed by atoms with Gasteiger partial charge in [0, 0.05) is 45.1 Å². The zero-order valence-electron chi connectivity index (χ0n) is 15.5. The molecule has 26 heavy (non-hydrogen) atoms. The van der Waals surface area contributed by atoms with Crippen LogP contribution in [0.4, 0.5) is 0 Å². The maximum atomic E-state index is 12.7. The third-order valence-corrected chi connectivity index (χ3v) is 5.60. The van der Waals surface area contributed by atoms with Gasteiger partial charge in [0.1, 0.15) is 0 Å². The van der Waals surface area contributed by atoms with Gasteiger partial charge in [0.15, 0.2) is 0 Å². The van der Waals surface area contributed by atoms with Crippen LogP contribution in [0.5, 0.6) is 0 Å². The molecule has 1 atom stereocenters. The summed E-state index contributed by atoms with van der Waals surface area (Å²) in [5, 5.41) is 3.31. The predicted molar refractivity (Wildman–Crippen MR) is 105 cm³/mol. The summed E-state index contributed by atoms with van der Waals surface area (Å²) in [6.07, 6.45) is 3.96. The number of halogens is 1. The van der Waals surface area contributed by atoms with Gasteiger partial charge in [-0.2, -0.15) is 0 Å². The highest BCUT2D eigenvalue weighted by atomic mass is 35.5. The lowest BCUT2D eigenvalue weighted by atomic mass is 9.94. The first-order chi connectivity index (χ1) is 12.1. The first-order valence-corrected chi connectivity index (χ1v) is 9.44. The number of nitrogens with one attached hydrogen (secondary N) is 1. The van der Waals surface area contributed by atoms with Gasteiger partial charge in [-0.3, -0.25) is 9.59 Å². The second kappa shape index (κ2) is 9.93. The maximum Gasteiger partial charge on any atom is 0.225 e. The van der Waals surface area contributed by atoms with Gasteiger partial charge in [-0.25, -0.2) is 0 Å². The molecule has 2 fully saturated rings. The number of likely N-dealkylation sites (N-methyl/N-ethyl adjacent to an activating group) is 1. The summed E-state index contributed by atoms with van der Waals surface area (Å²) in [5.41, 5.74) is 1.20. The van der Waals surface area contributed by atoms with Gasteiger partial charge >= 0.3 is 0 Å². The monoisotopic (exact) mass is 379 g/mol. The Bertz CT molecular complexity index is 582. The van der Waals surface area contributed by atoms with Gasteiger partial charge in [-0.05, 0) is 37.8 Å². The van der Waals surface area contributed by atoms with Crippen molar-refractivity contribution >= 4 is 24.2 Å². The Kier molecular flexibility index (Phi) is 7.91. The van der Waals surface area contributed by atoms with Crippen LogP contribution in [0.1, 0.15) is 31.2 Å². The van der Waals surface area contributed by atoms with Crippen LogP contribution >= 0.6 is 12.4 Å². The van der Waals surface area contributed by atoms with Crippen LogP contribution in [0.2, 0.25) is 0 Å². The van der Waals surface area contributed by atoms with Crippen molar-refractivity contribution in [2.45, 2.75) is 38.1 Å². The molecule has 2 aliphatic heterocycles. The molecule has 6 heteroatoms. The van der Waals surface area contributed by atoms with Crippen LogP contribution < -0.4 is 5.32 Å². The molecule has 0 radical (unpaired) electrons. The zero-order valence-corrected chi connectivity index (χ0v) is 16.3. The number of carbonyl (C=O) groups is 2. The van der Waals surface area contributed by atoms with Crippen molar-refractivity contribution in [2.75, 3.05) is 33.2 Å². The number of likely N-dealkylation sites (tertiary alicyclic amines) is 1. The number of nitrogens with zero attached hydrogens (tertiary/aromatic N) is 2. The van der Waals surface area contributed by atoms with E-state index in [1.54, 1.807) is 0 Å². The summed E-state index contributed by atoms with van der Waals surface area (Å²) in [6, 6.07) is 10.5. The van der Waals surface area contributed by atoms with Crippen molar-refractivity contribution in [2.24, 2.45) is 5.92 Å². The summed E-state index contributed by atoms with van der Waals surface area (Å²) < 4.78 is 0. The van der Waals surface area contributed by atoms with E-state index in [0.29, 0.717) is 25.6 Å². The van der Waals surface area contributed by atoms with E-state index in [1.165, 1.54) is 5.56 Å². The Hall–Kier alpha value is -1.59. The van der Waals surface area contributed by atoms with Crippen molar-refractivity contribution in [1.82, 2.24) is 15.1 Å². The molecular weight excluding hydrogens is 350 g/mol. The Morgan fingerprint density at radius 2 is 1.85 bits per heavy atom. The van der Waals surface area contributed by atoms with E-state index in [0.717, 1.165) is 38.8 Å². The van der Waals surface area contributed by atoms with Crippen LogP contribution in [0, 0.1) is 5.92 Å². The number of carbonyl (C=O) groups excluding carboxylic acids is 2. The second-order valence-corrected chi connectivity index (χ2v) is 7.24. The van der Waals surface area contributed by atoms with E-state index in [9.17, 15) is 9.59 Å². The average molecular weight is 380 g/mol. The van der Waals surface area contributed by atoms with Crippen LogP contribution in [-0.2, 0) is 16.0 Å². The fraction of sp³-hybridized carbons (Fsp3) is 0.600. The molecule has 3 rings (SSSR count). The molecule has 0 spiro atoms. The lowest BCUT2D eigenvalue weighted by molar-refractivity contribution is -0.141. The van der Waals surface area contributed by atoms with Crippen LogP contribution in [0.3, 0.4) is 0 Å². The van der Waals surface area contributed by atoms with E-state index >= 15 is 0 Å². The van der Waals surface area contributed by atoms with E-state index in [2.05, 4.69) is 17.4 Å². The lowest BCUT2D eigenvalue weighted by Gasteiger charge is -2.34. The van der Waals surface area contributed by atoms with E-state index < -0.39 is 0 Å². The first kappa shape index (κ1) is 20.7. The van der Waals surface area contributed by atoms with Crippen molar-refractivity contribution in [3.63, 3.8) is 0 Å². The Labute approximate surface area is 162 Å². The third-order valence-electron chi connectivity index (χ3n) is 5.60. The molecular formula is C20H30ClN3O2. The SMILES string of the molecule is CN(C(=O)C1CCN(C(=O)CCc2ccccc2)CC1)C1CCNC1.Cl. The minimum absolute atomic E-state index is 0. The fourth-order valence-electron chi connectivity index (χ4n) is 3.87. The number of amides is 2. The number of hydrogen-bond acceptors (Lipinski definition) is 3. The van der Waals surface area contributed by atoms with Gasteiger partial charge in [0.2, 0.25) is 11.8 Å². The smallest absolute Gasteiger partial charge is 0.225 e. The first-order valence-electron chi connectivity index (χ1n) is 9.44. The topological polar surface area (TPSA) is 52.7 Å². The summed E-state index contributed by atoms with van der Waals surface area (Å²) in [5.74, 6) is 0.539. The quantitative estimate of drug-likeness (QED) is 0.852. The molecule has 2 heterocycles. The van der Waals surface area contributed by atoms with Crippen LogP contribution in [0.25, 0.3) is 0 Å². The lowest BCUT2D eigenvalue weighted by Crippen LogP contribution is -2.46. The van der Waals surface area contributed by atoms with Gasteiger partial charge in [-0.15, -0.1) is 12.4 Å². The fourth-order valence-corrected chi connectivity index (χ4v) is 3.87. The third kappa shape index (κ3) is 5.21. The number of benzene rings is 1. The zero-order chi connectivity index (χ0) is 17.6. The molecule has 0 saturated carbocycles. The largest absolute Gasteiger partial charge is 0.343 e. The standard InChI is InChI=1S/C20H29N3O2.ClH/c1-22(18-9-12-21-15-18)20(25)17-10-13-23(14-11-17)19(24)8-7-16-5-3-2-4-6-16;/h2-6,17-18,21H,7-15H2,1H3;1H. The molecule has 2 aliphatic rings. The highest BCUT2D eigenvalue weighted by Crippen LogP contribution is 2.22. The Balaban J connectivity index is 0.00000243. The molecule has 0 aliphatic carbocycles. The molecule has 1 aromatic carbocycles. The highest BCUT2D eigenvalue weighted by Gasteiger charge is 2.32. The summed E-state index contributed by atoms with van der Waals surface area (Å²) in [4.78, 5) is 28.9. The molecule has 0 bridgehead atoms. The minimum Gasteiger partial charge on any atom is -0.343 e. The minimum atomic E-state index is 0. The van der Waals surface area contributed by atoms with Crippen molar-refractivity contribution in [3.8, 4) is 0 Å². The van der Waals surface area contributed by atoms with Crippen LogP contribution in [0.15, 0.2) is 30.3 Å². The molecule has 5 nitrogen and oxygen atoms in total. The Morgan fingerprint density at radius 1 is 1.15 bits per heavy atom. The second-order valence-electron chi connectivity index (χ2n) is 7.24. The van der Waals surface area contributed by atoms with E-state index in [1.807, 2.05) is 35.0 Å². The summed E-state index contributed by atoms with van der Waals surface area (Å²) in [7, 11) is 1.93. The number of hydrogen-bond donors (Lipinski definition) is 1. The molecule has 1 unspecified atom stereocenters. The Morgan fingerprint density at radius 3 is 2.46 bits per heavy atom. The van der Waals surface area contributed by atoms with Crippen molar-refractivity contribution in [1.29, 1.82) is 0 Å². The van der Waals surface area contributed by atoms with Gasteiger partial charge in [0.05, 0.1) is 0 Å². The molecule has 1 aromatic rings. The summed E-state index contributed by atoms with van der Waals surface area (Å²) in [6.45, 7) is 3.32. The number of aryl methyl sites for hydroxylation is 1. The molecule has 144 valence electrons. The van der Waals surface area contributed by atoms with Crippen molar-refractivity contribution in [3.05, 3.63) is 35.9 Å². The number of rotatable bonds is 5. The highest BCUT2D eigenvalue weighted by molar-refractivity contribution is 5.85. The molecule has 0 aromatic heterocycles. The van der Waals surface area contributed by atoms with Gasteiger partial charge in [0.25, 0.3) is 0 Å². The maximum absolute atomic E-state index is 12.7. The molecule has 1 N–H and O–H groups in total. The summed E-state index contributed by atoms with van der Waals surface area (Å²) >= 11 is 0. The normalized spacial score (nSPS) is 20.5. The van der Waals surface area contributed by atoms with E-state index in [-0.39, 0.29) is 30.1 Å². The molecule has 2 saturated heterocycles. The molecule has 2 amide bonds. The van der Waals surface area contributed by atoms with Crippen molar-refractivity contribution < 1.29 is 9.59 Å².